The van der Waals surface area contributed by atoms with Gasteiger partial charge in [0.25, 0.3) is 5.69 Å². The summed E-state index contributed by atoms with van der Waals surface area (Å²) in [6.07, 6.45) is 2.97. The molecule has 0 N–H and O–H groups in total. The van der Waals surface area contributed by atoms with Crippen LogP contribution in [0.1, 0.15) is 11.1 Å². The molecule has 24 heavy (non-hydrogen) atoms. The highest BCUT2D eigenvalue weighted by Crippen LogP contribution is 2.27. The van der Waals surface area contributed by atoms with Crippen LogP contribution in [-0.2, 0) is 16.1 Å². The zero-order valence-corrected chi connectivity index (χ0v) is 14.4. The van der Waals surface area contributed by atoms with Crippen molar-refractivity contribution in [2.24, 2.45) is 0 Å². The summed E-state index contributed by atoms with van der Waals surface area (Å²) in [7, 11) is 1.32. The first-order chi connectivity index (χ1) is 11.5. The number of esters is 1. The van der Waals surface area contributed by atoms with E-state index in [4.69, 9.17) is 4.74 Å². The summed E-state index contributed by atoms with van der Waals surface area (Å²) in [4.78, 5) is 21.2. The Labute approximate surface area is 147 Å². The summed E-state index contributed by atoms with van der Waals surface area (Å²) in [6.45, 7) is 0.286. The fraction of sp³-hybridized carbons (Fsp3) is 0.118. The van der Waals surface area contributed by atoms with Gasteiger partial charge in [-0.2, -0.15) is 0 Å². The molecule has 0 heterocycles. The molecule has 2 rings (SSSR count). The standard InChI is InChI=1S/C17H14BrNO5/c1-23-17(20)9-5-12-4-8-16(15(18)10-12)24-11-13-2-6-14(7-3-13)19(21)22/h2-10H,11H2,1H3/b9-5+. The van der Waals surface area contributed by atoms with Crippen molar-refractivity contribution in [3.8, 4) is 5.75 Å². The second-order valence-corrected chi connectivity index (χ2v) is 5.61. The number of nitrogens with zero attached hydrogens (tertiary/aromatic N) is 1. The Balaban J connectivity index is 2.01. The number of carbonyl (C=O) groups excluding carboxylic acids is 1. The molecule has 0 unspecified atom stereocenters. The molecule has 0 saturated carbocycles. The summed E-state index contributed by atoms with van der Waals surface area (Å²) in [5.41, 5.74) is 1.68. The van der Waals surface area contributed by atoms with Gasteiger partial charge in [-0.15, -0.1) is 0 Å². The van der Waals surface area contributed by atoms with E-state index in [2.05, 4.69) is 20.7 Å². The number of carbonyl (C=O) groups is 1. The second kappa shape index (κ2) is 8.26. The van der Waals surface area contributed by atoms with Crippen molar-refractivity contribution in [2.75, 3.05) is 7.11 Å². The van der Waals surface area contributed by atoms with E-state index in [0.29, 0.717) is 5.75 Å². The first-order valence-electron chi connectivity index (χ1n) is 6.91. The summed E-state index contributed by atoms with van der Waals surface area (Å²) < 4.78 is 11.0. The van der Waals surface area contributed by atoms with Gasteiger partial charge in [-0.1, -0.05) is 6.07 Å². The van der Waals surface area contributed by atoms with E-state index >= 15 is 0 Å². The number of nitro benzene ring substituents is 1. The zero-order chi connectivity index (χ0) is 17.5. The van der Waals surface area contributed by atoms with Gasteiger partial charge in [0.2, 0.25) is 0 Å². The predicted octanol–water partition coefficient (Wildman–Crippen LogP) is 4.12. The van der Waals surface area contributed by atoms with Gasteiger partial charge in [-0.3, -0.25) is 10.1 Å². The van der Waals surface area contributed by atoms with E-state index in [1.165, 1.54) is 25.3 Å². The van der Waals surface area contributed by atoms with Crippen LogP contribution in [0.15, 0.2) is 53.0 Å². The third kappa shape index (κ3) is 4.92. The monoisotopic (exact) mass is 391 g/mol. The molecule has 0 aliphatic rings. The Kier molecular flexibility index (Phi) is 6.08. The molecule has 124 valence electrons. The molecule has 0 aliphatic heterocycles. The zero-order valence-electron chi connectivity index (χ0n) is 12.8. The van der Waals surface area contributed by atoms with Crippen molar-refractivity contribution < 1.29 is 19.2 Å². The maximum Gasteiger partial charge on any atom is 0.330 e. The maximum absolute atomic E-state index is 11.1. The first kappa shape index (κ1) is 17.7. The van der Waals surface area contributed by atoms with Crippen LogP contribution in [0.25, 0.3) is 6.08 Å². The van der Waals surface area contributed by atoms with Gasteiger partial charge >= 0.3 is 5.97 Å². The number of hydrogen-bond donors (Lipinski definition) is 0. The minimum Gasteiger partial charge on any atom is -0.488 e. The summed E-state index contributed by atoms with van der Waals surface area (Å²) in [5.74, 6) is 0.202. The number of halogens is 1. The maximum atomic E-state index is 11.1. The summed E-state index contributed by atoms with van der Waals surface area (Å²) >= 11 is 3.41. The highest BCUT2D eigenvalue weighted by Gasteiger charge is 2.06. The minimum atomic E-state index is -0.443. The van der Waals surface area contributed by atoms with Gasteiger partial charge in [0.05, 0.1) is 16.5 Å². The van der Waals surface area contributed by atoms with E-state index in [0.717, 1.165) is 15.6 Å². The SMILES string of the molecule is COC(=O)/C=C/c1ccc(OCc2ccc([N+](=O)[O-])cc2)c(Br)c1. The smallest absolute Gasteiger partial charge is 0.330 e. The molecule has 2 aromatic carbocycles. The molecule has 0 bridgehead atoms. The Bertz CT molecular complexity index is 771. The average molecular weight is 392 g/mol. The van der Waals surface area contributed by atoms with Gasteiger partial charge < -0.3 is 9.47 Å². The van der Waals surface area contributed by atoms with Crippen LogP contribution in [-0.4, -0.2) is 18.0 Å². The van der Waals surface area contributed by atoms with E-state index in [1.807, 2.05) is 6.07 Å². The number of hydrogen-bond acceptors (Lipinski definition) is 5. The molecule has 0 radical (unpaired) electrons. The lowest BCUT2D eigenvalue weighted by Gasteiger charge is -2.09. The molecule has 0 amide bonds. The third-order valence-corrected chi connectivity index (χ3v) is 3.73. The van der Waals surface area contributed by atoms with E-state index in [9.17, 15) is 14.9 Å². The largest absolute Gasteiger partial charge is 0.488 e. The van der Waals surface area contributed by atoms with E-state index in [-0.39, 0.29) is 12.3 Å². The van der Waals surface area contributed by atoms with Gasteiger partial charge in [0.1, 0.15) is 12.4 Å². The van der Waals surface area contributed by atoms with E-state index in [1.54, 1.807) is 30.3 Å². The lowest BCUT2D eigenvalue weighted by atomic mass is 10.2. The Hall–Kier alpha value is -2.67. The molecule has 0 fully saturated rings. The van der Waals surface area contributed by atoms with Crippen molar-refractivity contribution in [2.45, 2.75) is 6.61 Å². The predicted molar refractivity (Wildman–Crippen MR) is 92.6 cm³/mol. The second-order valence-electron chi connectivity index (χ2n) is 4.76. The fourth-order valence-electron chi connectivity index (χ4n) is 1.85. The van der Waals surface area contributed by atoms with E-state index < -0.39 is 10.9 Å². The number of methoxy groups -OCH3 is 1. The third-order valence-electron chi connectivity index (χ3n) is 3.11. The Morgan fingerprint density at radius 3 is 2.54 bits per heavy atom. The normalized spacial score (nSPS) is 10.6. The molecule has 0 aromatic heterocycles. The van der Waals surface area contributed by atoms with Crippen LogP contribution >= 0.6 is 15.9 Å². The Morgan fingerprint density at radius 1 is 1.25 bits per heavy atom. The minimum absolute atomic E-state index is 0.0432. The fourth-order valence-corrected chi connectivity index (χ4v) is 2.36. The summed E-state index contributed by atoms with van der Waals surface area (Å²) in [6, 6.07) is 11.6. The van der Waals surface area contributed by atoms with Crippen LogP contribution in [0.2, 0.25) is 0 Å². The molecule has 0 aliphatic carbocycles. The topological polar surface area (TPSA) is 78.7 Å². The lowest BCUT2D eigenvalue weighted by molar-refractivity contribution is -0.384. The molecule has 0 saturated heterocycles. The van der Waals surface area contributed by atoms with Crippen LogP contribution in [0.5, 0.6) is 5.75 Å². The van der Waals surface area contributed by atoms with Crippen molar-refractivity contribution in [3.05, 3.63) is 74.3 Å². The van der Waals surface area contributed by atoms with Crippen molar-refractivity contribution >= 4 is 33.7 Å². The highest BCUT2D eigenvalue weighted by atomic mass is 79.9. The molecular formula is C17H14BrNO5. The number of benzene rings is 2. The van der Waals surface area contributed by atoms with Gasteiger partial charge in [0, 0.05) is 18.2 Å². The van der Waals surface area contributed by atoms with Crippen molar-refractivity contribution in [1.82, 2.24) is 0 Å². The molecule has 6 nitrogen and oxygen atoms in total. The average Bonchev–Trinajstić information content (AvgIpc) is 2.59. The quantitative estimate of drug-likeness (QED) is 0.320. The summed E-state index contributed by atoms with van der Waals surface area (Å²) in [5, 5.41) is 10.6. The number of rotatable bonds is 6. The number of ether oxygens (including phenoxy) is 2. The van der Waals surface area contributed by atoms with Gasteiger partial charge in [-0.05, 0) is 57.4 Å². The van der Waals surface area contributed by atoms with Crippen LogP contribution in [0.3, 0.4) is 0 Å². The van der Waals surface area contributed by atoms with Crippen molar-refractivity contribution in [3.63, 3.8) is 0 Å². The number of non-ortho nitro benzene ring substituents is 1. The highest BCUT2D eigenvalue weighted by molar-refractivity contribution is 9.10. The van der Waals surface area contributed by atoms with Gasteiger partial charge in [-0.25, -0.2) is 4.79 Å². The van der Waals surface area contributed by atoms with Gasteiger partial charge in [0.15, 0.2) is 0 Å². The molecule has 2 aromatic rings. The molecular weight excluding hydrogens is 378 g/mol. The number of nitro groups is 1. The first-order valence-corrected chi connectivity index (χ1v) is 7.70. The van der Waals surface area contributed by atoms with Crippen LogP contribution in [0.4, 0.5) is 5.69 Å². The Morgan fingerprint density at radius 2 is 1.96 bits per heavy atom. The molecule has 7 heteroatoms. The van der Waals surface area contributed by atoms with Crippen molar-refractivity contribution in [1.29, 1.82) is 0 Å². The lowest BCUT2D eigenvalue weighted by Crippen LogP contribution is -1.97. The van der Waals surface area contributed by atoms with Crippen LogP contribution < -0.4 is 4.74 Å². The molecule has 0 atom stereocenters. The molecule has 0 spiro atoms. The van der Waals surface area contributed by atoms with Crippen LogP contribution in [0, 0.1) is 10.1 Å².